The van der Waals surface area contributed by atoms with E-state index in [9.17, 15) is 18.2 Å². The van der Waals surface area contributed by atoms with Crippen molar-refractivity contribution < 1.29 is 72.7 Å². The molecule has 14 heteroatoms. The molecule has 0 radical (unpaired) electrons. The molecule has 0 bridgehead atoms. The van der Waals surface area contributed by atoms with Crippen LogP contribution in [-0.4, -0.2) is 13.5 Å². The monoisotopic (exact) mass is 492 g/mol. The predicted octanol–water partition coefficient (Wildman–Crippen LogP) is -2.14. The van der Waals surface area contributed by atoms with Gasteiger partial charge in [-0.2, -0.15) is 0 Å². The molecule has 0 heterocycles. The molecule has 0 saturated carbocycles. The van der Waals surface area contributed by atoms with Crippen molar-refractivity contribution in [3.05, 3.63) is 0 Å². The van der Waals surface area contributed by atoms with Crippen LogP contribution < -0.4 is 5.90 Å². The molecular weight excluding hydrogens is 485 g/mol. The van der Waals surface area contributed by atoms with Crippen molar-refractivity contribution in [3.63, 3.8) is 0 Å². The van der Waals surface area contributed by atoms with Crippen LogP contribution in [0.25, 0.3) is 0 Å². The fourth-order valence-corrected chi connectivity index (χ4v) is 3.40. The summed E-state index contributed by atoms with van der Waals surface area (Å²) < 4.78 is 61.3. The zero-order valence-electron chi connectivity index (χ0n) is 6.04. The predicted molar refractivity (Wildman–Crippen MR) is 23.4 cm³/mol. The molecule has 14 heavy (non-hydrogen) atoms. The van der Waals surface area contributed by atoms with E-state index in [2.05, 4.69) is 12.6 Å². The Morgan fingerprint density at radius 3 is 1.57 bits per heavy atom. The van der Waals surface area contributed by atoms with Crippen molar-refractivity contribution in [2.45, 2.75) is 0 Å². The molecule has 0 unspecified atom stereocenters. The van der Waals surface area contributed by atoms with Crippen molar-refractivity contribution >= 4 is 7.82 Å². The summed E-state index contributed by atoms with van der Waals surface area (Å²) in [6.45, 7) is 0. The molecule has 0 atom stereocenters. The minimum atomic E-state index is -5.72. The molecule has 0 aliphatic heterocycles. The molecule has 0 aromatic carbocycles. The van der Waals surface area contributed by atoms with E-state index in [0.29, 0.717) is 0 Å². The molecule has 0 rings (SSSR count). The topological polar surface area (TPSA) is 191 Å². The summed E-state index contributed by atoms with van der Waals surface area (Å²) in [5, 5.41) is 0. The van der Waals surface area contributed by atoms with E-state index in [4.69, 9.17) is 13.5 Å². The second-order valence-electron chi connectivity index (χ2n) is 1.30. The van der Waals surface area contributed by atoms with Gasteiger partial charge in [-0.3, -0.25) is 0 Å². The Morgan fingerprint density at radius 2 is 1.57 bits per heavy atom. The van der Waals surface area contributed by atoms with Gasteiger partial charge >= 0.3 is 61.6 Å². The van der Waals surface area contributed by atoms with Crippen molar-refractivity contribution in [1.29, 1.82) is 0 Å². The molecule has 0 amide bonds. The van der Waals surface area contributed by atoms with Crippen molar-refractivity contribution in [1.82, 2.24) is 0 Å². The Balaban J connectivity index is 0. The molecule has 11 nitrogen and oxygen atoms in total. The number of nitrogens with two attached hydrogens (primary N) is 1. The fourth-order valence-electron chi connectivity index (χ4n) is 0.0702. The van der Waals surface area contributed by atoms with E-state index in [1.807, 2.05) is 0 Å². The normalized spacial score (nSPS) is 11.4. The SMILES string of the molecule is NOP(=O)(O)O.[O]=[W](=[O])[O][Mo](=[O])(=[O])[OH]. The first-order valence-electron chi connectivity index (χ1n) is 2.18. The average molecular weight is 490 g/mol. The van der Waals surface area contributed by atoms with Gasteiger partial charge < -0.3 is 9.79 Å². The number of phosphoric acid groups is 1. The Kier molecular flexibility index (Phi) is 8.42. The molecule has 0 fully saturated rings. The van der Waals surface area contributed by atoms with E-state index in [0.717, 1.165) is 0 Å². The van der Waals surface area contributed by atoms with Crippen LogP contribution in [0.2, 0.25) is 0 Å². The third-order valence-electron chi connectivity index (χ3n) is 0.279. The van der Waals surface area contributed by atoms with Gasteiger partial charge in [-0.25, -0.2) is 15.1 Å². The van der Waals surface area contributed by atoms with Crippen LogP contribution in [0, 0.1) is 0 Å². The van der Waals surface area contributed by atoms with E-state index >= 15 is 0 Å². The van der Waals surface area contributed by atoms with Crippen molar-refractivity contribution in [2.24, 2.45) is 5.90 Å². The van der Waals surface area contributed by atoms with E-state index in [1.165, 1.54) is 0 Å². The van der Waals surface area contributed by atoms with Gasteiger partial charge in [-0.1, -0.05) is 0 Å². The first-order chi connectivity index (χ1) is 5.98. The van der Waals surface area contributed by atoms with Crippen LogP contribution in [0.3, 0.4) is 0 Å². The number of rotatable bonds is 3. The summed E-state index contributed by atoms with van der Waals surface area (Å²) >= 11 is -10.3. The molecule has 0 aliphatic carbocycles. The molecule has 0 spiro atoms. The zero-order chi connectivity index (χ0) is 12.0. The standard InChI is InChI=1S/Mo.H4NO4P.H2O.5O.W/c;1-5-6(2,3)4;;;;;;;/h;1H2,(H2,2,3,4);1H2;;;;;;/q+1;;;;;;;;/p-1. The summed E-state index contributed by atoms with van der Waals surface area (Å²) in [6, 6.07) is 0. The number of hydrogen-bond acceptors (Lipinski definition) is 8. The van der Waals surface area contributed by atoms with Crippen LogP contribution in [0.1, 0.15) is 0 Å². The van der Waals surface area contributed by atoms with Gasteiger partial charge in [0, 0.05) is 0 Å². The maximum atomic E-state index is 9.53. The summed E-state index contributed by atoms with van der Waals surface area (Å²) in [5.74, 6) is 4.04. The maximum absolute atomic E-state index is 9.53. The molecule has 0 aromatic rings. The summed E-state index contributed by atoms with van der Waals surface area (Å²) in [5.41, 5.74) is 0. The van der Waals surface area contributed by atoms with Gasteiger partial charge in [0.25, 0.3) is 0 Å². The molecule has 87 valence electrons. The quantitative estimate of drug-likeness (QED) is 0.192. The Morgan fingerprint density at radius 1 is 1.29 bits per heavy atom. The Labute approximate surface area is 86.4 Å². The summed E-state index contributed by atoms with van der Waals surface area (Å²) in [7, 11) is -4.37. The van der Waals surface area contributed by atoms with Crippen LogP contribution >= 0.6 is 7.82 Å². The molecular formula is H5MoNO10PW. The van der Waals surface area contributed by atoms with Crippen LogP contribution in [0.5, 0.6) is 0 Å². The van der Waals surface area contributed by atoms with Crippen molar-refractivity contribution in [3.8, 4) is 0 Å². The first kappa shape index (κ1) is 17.0. The first-order valence-corrected chi connectivity index (χ1v) is 10.7. The van der Waals surface area contributed by atoms with E-state index in [1.54, 1.807) is 0 Å². The van der Waals surface area contributed by atoms with Crippen molar-refractivity contribution in [2.75, 3.05) is 0 Å². The molecule has 0 saturated heterocycles. The molecule has 0 aromatic heterocycles. The van der Waals surface area contributed by atoms with Crippen LogP contribution in [0.15, 0.2) is 0 Å². The Hall–Kier alpha value is 0.567. The van der Waals surface area contributed by atoms with Crippen LogP contribution in [0.4, 0.5) is 0 Å². The van der Waals surface area contributed by atoms with Gasteiger partial charge in [0.15, 0.2) is 0 Å². The van der Waals surface area contributed by atoms with Gasteiger partial charge in [-0.15, -0.1) is 0 Å². The summed E-state index contributed by atoms with van der Waals surface area (Å²) in [4.78, 5) is 15.2. The van der Waals surface area contributed by atoms with Gasteiger partial charge in [0.05, 0.1) is 0 Å². The van der Waals surface area contributed by atoms with Crippen LogP contribution in [-0.2, 0) is 59.2 Å². The average Bonchev–Trinajstić information content (AvgIpc) is 1.81. The summed E-state index contributed by atoms with van der Waals surface area (Å²) in [6.07, 6.45) is 0. The van der Waals surface area contributed by atoms with Gasteiger partial charge in [0.1, 0.15) is 0 Å². The van der Waals surface area contributed by atoms with Gasteiger partial charge in [0.2, 0.25) is 0 Å². The Bertz CT molecular complexity index is 350. The van der Waals surface area contributed by atoms with E-state index in [-0.39, 0.29) is 0 Å². The van der Waals surface area contributed by atoms with E-state index < -0.39 is 42.2 Å². The third kappa shape index (κ3) is 22.9. The fraction of sp³-hybridized carbons (Fsp3) is 0. The molecule has 0 aliphatic rings. The molecule has 5 N–H and O–H groups in total. The third-order valence-corrected chi connectivity index (χ3v) is 7.27. The second kappa shape index (κ2) is 6.94. The minimum absolute atomic E-state index is 3.10. The second-order valence-corrected chi connectivity index (χ2v) is 9.28. The number of hydrogen-bond donors (Lipinski definition) is 4. The zero-order valence-corrected chi connectivity index (χ0v) is 11.9. The van der Waals surface area contributed by atoms with Gasteiger partial charge in [-0.05, 0) is 0 Å².